The SMILES string of the molecule is COC1CN(c2nc(C(=O)O)co2)CC1OC. The van der Waals surface area contributed by atoms with Crippen LogP contribution in [0.5, 0.6) is 0 Å². The first-order valence-corrected chi connectivity index (χ1v) is 5.15. The molecule has 0 saturated carbocycles. The van der Waals surface area contributed by atoms with Crippen molar-refractivity contribution in [1.82, 2.24) is 4.98 Å². The lowest BCUT2D eigenvalue weighted by atomic mass is 10.3. The minimum Gasteiger partial charge on any atom is -0.476 e. The fraction of sp³-hybridized carbons (Fsp3) is 0.600. The Morgan fingerprint density at radius 1 is 1.47 bits per heavy atom. The first-order chi connectivity index (χ1) is 8.15. The largest absolute Gasteiger partial charge is 0.476 e. The van der Waals surface area contributed by atoms with Crippen LogP contribution in [0.2, 0.25) is 0 Å². The molecule has 17 heavy (non-hydrogen) atoms. The molecule has 1 aliphatic rings. The number of ether oxygens (including phenoxy) is 2. The van der Waals surface area contributed by atoms with Gasteiger partial charge in [0.2, 0.25) is 0 Å². The second kappa shape index (κ2) is 4.72. The van der Waals surface area contributed by atoms with E-state index in [1.165, 1.54) is 0 Å². The van der Waals surface area contributed by atoms with E-state index in [1.807, 2.05) is 0 Å². The minimum atomic E-state index is -1.11. The minimum absolute atomic E-state index is 0.0693. The Kier molecular flexibility index (Phi) is 3.30. The van der Waals surface area contributed by atoms with Crippen LogP contribution in [0.15, 0.2) is 10.7 Å². The smallest absolute Gasteiger partial charge is 0.357 e. The van der Waals surface area contributed by atoms with E-state index >= 15 is 0 Å². The molecule has 94 valence electrons. The summed E-state index contributed by atoms with van der Waals surface area (Å²) in [6.45, 7) is 1.13. The van der Waals surface area contributed by atoms with Crippen LogP contribution in [-0.2, 0) is 9.47 Å². The molecule has 1 N–H and O–H groups in total. The van der Waals surface area contributed by atoms with E-state index in [0.717, 1.165) is 6.26 Å². The Balaban J connectivity index is 2.10. The Morgan fingerprint density at radius 3 is 2.47 bits per heavy atom. The topological polar surface area (TPSA) is 85.0 Å². The van der Waals surface area contributed by atoms with Crippen molar-refractivity contribution in [2.45, 2.75) is 12.2 Å². The Hall–Kier alpha value is -1.60. The average Bonchev–Trinajstić information content (AvgIpc) is 2.94. The number of carboxylic acid groups (broad SMARTS) is 1. The molecule has 2 atom stereocenters. The summed E-state index contributed by atoms with van der Waals surface area (Å²) in [6, 6.07) is 0.281. The number of hydrogen-bond donors (Lipinski definition) is 1. The number of oxazole rings is 1. The van der Waals surface area contributed by atoms with Crippen molar-refractivity contribution < 1.29 is 23.8 Å². The summed E-state index contributed by atoms with van der Waals surface area (Å²) in [5.74, 6) is -1.11. The molecule has 1 fully saturated rings. The molecule has 7 heteroatoms. The molecule has 1 aromatic heterocycles. The zero-order valence-electron chi connectivity index (χ0n) is 9.62. The third-order valence-electron chi connectivity index (χ3n) is 2.80. The lowest BCUT2D eigenvalue weighted by molar-refractivity contribution is -0.00461. The summed E-state index contributed by atoms with van der Waals surface area (Å²) in [6.07, 6.45) is 0.986. The van der Waals surface area contributed by atoms with Gasteiger partial charge in [-0.25, -0.2) is 4.79 Å². The highest BCUT2D eigenvalue weighted by Gasteiger charge is 2.35. The van der Waals surface area contributed by atoms with Crippen LogP contribution in [0.25, 0.3) is 0 Å². The predicted molar refractivity (Wildman–Crippen MR) is 57.3 cm³/mol. The van der Waals surface area contributed by atoms with Crippen molar-refractivity contribution in [3.8, 4) is 0 Å². The van der Waals surface area contributed by atoms with Gasteiger partial charge in [0.1, 0.15) is 18.5 Å². The van der Waals surface area contributed by atoms with Crippen LogP contribution in [0.3, 0.4) is 0 Å². The molecular formula is C10H14N2O5. The van der Waals surface area contributed by atoms with Gasteiger partial charge in [0.05, 0.1) is 13.1 Å². The predicted octanol–water partition coefficient (Wildman–Crippen LogP) is 0.223. The van der Waals surface area contributed by atoms with Crippen molar-refractivity contribution >= 4 is 12.0 Å². The highest BCUT2D eigenvalue weighted by atomic mass is 16.5. The maximum absolute atomic E-state index is 10.7. The molecule has 0 bridgehead atoms. The first-order valence-electron chi connectivity index (χ1n) is 5.15. The van der Waals surface area contributed by atoms with E-state index < -0.39 is 5.97 Å². The average molecular weight is 242 g/mol. The number of rotatable bonds is 4. The van der Waals surface area contributed by atoms with Crippen LogP contribution in [-0.4, -0.2) is 55.6 Å². The molecule has 1 saturated heterocycles. The second-order valence-corrected chi connectivity index (χ2v) is 3.77. The number of carbonyl (C=O) groups is 1. The van der Waals surface area contributed by atoms with Gasteiger partial charge < -0.3 is 23.9 Å². The fourth-order valence-corrected chi connectivity index (χ4v) is 1.86. The number of methoxy groups -OCH3 is 2. The van der Waals surface area contributed by atoms with Crippen LogP contribution in [0.1, 0.15) is 10.5 Å². The molecule has 0 spiro atoms. The Labute approximate surface area is 97.9 Å². The van der Waals surface area contributed by atoms with Crippen LogP contribution < -0.4 is 4.90 Å². The summed E-state index contributed by atoms with van der Waals surface area (Å²) >= 11 is 0. The summed E-state index contributed by atoms with van der Waals surface area (Å²) in [5.41, 5.74) is -0.102. The van der Waals surface area contributed by atoms with Gasteiger partial charge in [-0.2, -0.15) is 4.98 Å². The lowest BCUT2D eigenvalue weighted by Crippen LogP contribution is -2.27. The van der Waals surface area contributed by atoms with E-state index in [9.17, 15) is 4.79 Å². The van der Waals surface area contributed by atoms with Gasteiger partial charge in [-0.1, -0.05) is 0 Å². The molecule has 0 aromatic carbocycles. The van der Waals surface area contributed by atoms with E-state index in [-0.39, 0.29) is 23.9 Å². The fourth-order valence-electron chi connectivity index (χ4n) is 1.86. The molecule has 7 nitrogen and oxygen atoms in total. The van der Waals surface area contributed by atoms with Crippen molar-refractivity contribution in [2.24, 2.45) is 0 Å². The molecule has 0 amide bonds. The molecule has 2 rings (SSSR count). The molecule has 1 aliphatic heterocycles. The number of hydrogen-bond acceptors (Lipinski definition) is 6. The van der Waals surface area contributed by atoms with Crippen molar-refractivity contribution in [1.29, 1.82) is 0 Å². The van der Waals surface area contributed by atoms with Gasteiger partial charge >= 0.3 is 5.97 Å². The monoisotopic (exact) mass is 242 g/mol. The highest BCUT2D eigenvalue weighted by molar-refractivity contribution is 5.85. The lowest BCUT2D eigenvalue weighted by Gasteiger charge is -2.13. The van der Waals surface area contributed by atoms with Crippen molar-refractivity contribution in [3.05, 3.63) is 12.0 Å². The molecule has 0 radical (unpaired) electrons. The van der Waals surface area contributed by atoms with E-state index in [0.29, 0.717) is 13.1 Å². The maximum Gasteiger partial charge on any atom is 0.357 e. The number of carboxylic acids is 1. The Morgan fingerprint density at radius 2 is 2.06 bits per heavy atom. The molecule has 2 heterocycles. The first kappa shape index (κ1) is 11.9. The number of aromatic nitrogens is 1. The van der Waals surface area contributed by atoms with Gasteiger partial charge in [0.15, 0.2) is 5.69 Å². The summed E-state index contributed by atoms with van der Waals surface area (Å²) < 4.78 is 15.7. The van der Waals surface area contributed by atoms with Gasteiger partial charge in [-0.3, -0.25) is 0 Å². The van der Waals surface area contributed by atoms with Gasteiger partial charge in [0.25, 0.3) is 6.01 Å². The third-order valence-corrected chi connectivity index (χ3v) is 2.80. The summed E-state index contributed by atoms with van der Waals surface area (Å²) in [7, 11) is 3.22. The molecule has 0 aliphatic carbocycles. The van der Waals surface area contributed by atoms with Gasteiger partial charge in [0, 0.05) is 14.2 Å². The second-order valence-electron chi connectivity index (χ2n) is 3.77. The van der Waals surface area contributed by atoms with Gasteiger partial charge in [-0.15, -0.1) is 0 Å². The standard InChI is InChI=1S/C10H14N2O5/c1-15-7-3-12(4-8(7)16-2)10-11-6(5-17-10)9(13)14/h5,7-8H,3-4H2,1-2H3,(H,13,14). The van der Waals surface area contributed by atoms with Gasteiger partial charge in [-0.05, 0) is 0 Å². The third kappa shape index (κ3) is 2.25. The zero-order valence-corrected chi connectivity index (χ0v) is 9.62. The number of aromatic carboxylic acids is 1. The molecular weight excluding hydrogens is 228 g/mol. The molecule has 2 unspecified atom stereocenters. The van der Waals surface area contributed by atoms with Crippen LogP contribution >= 0.6 is 0 Å². The van der Waals surface area contributed by atoms with E-state index in [1.54, 1.807) is 19.1 Å². The van der Waals surface area contributed by atoms with Crippen LogP contribution in [0, 0.1) is 0 Å². The van der Waals surface area contributed by atoms with E-state index in [4.69, 9.17) is 19.0 Å². The van der Waals surface area contributed by atoms with Crippen LogP contribution in [0.4, 0.5) is 6.01 Å². The highest BCUT2D eigenvalue weighted by Crippen LogP contribution is 2.22. The van der Waals surface area contributed by atoms with Crippen molar-refractivity contribution in [2.75, 3.05) is 32.2 Å². The van der Waals surface area contributed by atoms with E-state index in [2.05, 4.69) is 4.98 Å². The zero-order chi connectivity index (χ0) is 12.4. The van der Waals surface area contributed by atoms with Crippen molar-refractivity contribution in [3.63, 3.8) is 0 Å². The summed E-state index contributed by atoms with van der Waals surface area (Å²) in [4.78, 5) is 16.4. The summed E-state index contributed by atoms with van der Waals surface area (Å²) in [5, 5.41) is 8.75. The molecule has 1 aromatic rings. The Bertz CT molecular complexity index is 393. The maximum atomic E-state index is 10.7. The number of nitrogens with zero attached hydrogens (tertiary/aromatic N) is 2. The normalized spacial score (nSPS) is 24.2. The number of anilines is 1. The quantitative estimate of drug-likeness (QED) is 0.808.